The first-order valence-electron chi connectivity index (χ1n) is 22.4. The van der Waals surface area contributed by atoms with Gasteiger partial charge in [0, 0.05) is 31.2 Å². The number of likely N-dealkylation sites (tertiary alicyclic amines) is 2. The highest BCUT2D eigenvalue weighted by Crippen LogP contribution is 2.52. The molecule has 4 aromatic carbocycles. The number of phenolic OH excluding ortho intramolecular Hbond substituents is 1. The van der Waals surface area contributed by atoms with Crippen LogP contribution in [0.25, 0.3) is 6.08 Å². The SMILES string of the molecule is CC/C(=C\c1ccccc1O)CC[C@H]1OB(O)C[C@H]2C1=C(CO[Si](c1ccccc1)(c1ccccc1)C(C)(C)C)C[C@H]1C(=O)N(C3CCN(Cc4ccccc4)CC3)C(=O)[C@H]12. The van der Waals surface area contributed by atoms with E-state index < -0.39 is 33.4 Å². The molecule has 0 spiro atoms. The average Bonchev–Trinajstić information content (AvgIpc) is 3.52. The molecular weight excluding hydrogens is 775 g/mol. The summed E-state index contributed by atoms with van der Waals surface area (Å²) in [7, 11) is -4.05. The van der Waals surface area contributed by atoms with Gasteiger partial charge in [0.2, 0.25) is 11.8 Å². The smallest absolute Gasteiger partial charge is 0.455 e. The van der Waals surface area contributed by atoms with Gasteiger partial charge in [-0.05, 0) is 89.0 Å². The Balaban J connectivity index is 1.14. The largest absolute Gasteiger partial charge is 0.507 e. The van der Waals surface area contributed by atoms with Crippen molar-refractivity contribution in [3.8, 4) is 5.75 Å². The van der Waals surface area contributed by atoms with Gasteiger partial charge >= 0.3 is 7.12 Å². The van der Waals surface area contributed by atoms with Crippen LogP contribution in [0.15, 0.2) is 132 Å². The summed E-state index contributed by atoms with van der Waals surface area (Å²) in [5.41, 5.74) is 5.24. The van der Waals surface area contributed by atoms with Gasteiger partial charge in [0.25, 0.3) is 8.32 Å². The summed E-state index contributed by atoms with van der Waals surface area (Å²) in [6.07, 6.45) is 5.80. The Hall–Kier alpha value is -4.58. The van der Waals surface area contributed by atoms with E-state index in [0.717, 1.165) is 61.2 Å². The number of hydrogen-bond donors (Lipinski definition) is 2. The van der Waals surface area contributed by atoms with Crippen molar-refractivity contribution in [2.45, 2.75) is 96.3 Å². The topological polar surface area (TPSA) is 99.5 Å². The van der Waals surface area contributed by atoms with Crippen molar-refractivity contribution in [2.24, 2.45) is 17.8 Å². The highest BCUT2D eigenvalue weighted by atomic mass is 28.4. The molecule has 4 atom stereocenters. The van der Waals surface area contributed by atoms with Gasteiger partial charge in [-0.15, -0.1) is 0 Å². The van der Waals surface area contributed by atoms with E-state index in [1.807, 2.05) is 42.5 Å². The molecule has 318 valence electrons. The van der Waals surface area contributed by atoms with Gasteiger partial charge in [0.1, 0.15) is 5.75 Å². The Bertz CT molecular complexity index is 2180. The lowest BCUT2D eigenvalue weighted by Gasteiger charge is -2.46. The zero-order valence-electron chi connectivity index (χ0n) is 36.2. The molecule has 8 nitrogen and oxygen atoms in total. The van der Waals surface area contributed by atoms with Crippen molar-refractivity contribution < 1.29 is 28.8 Å². The molecule has 3 saturated heterocycles. The molecule has 3 heterocycles. The van der Waals surface area contributed by atoms with Crippen LogP contribution < -0.4 is 10.4 Å². The lowest BCUT2D eigenvalue weighted by Crippen LogP contribution is -2.66. The maximum Gasteiger partial charge on any atom is 0.455 e. The van der Waals surface area contributed by atoms with Crippen LogP contribution in [0, 0.1) is 17.8 Å². The van der Waals surface area contributed by atoms with E-state index in [1.165, 1.54) is 15.9 Å². The fraction of sp³-hybridized carbons (Fsp3) is 0.412. The normalized spacial score (nSPS) is 23.1. The van der Waals surface area contributed by atoms with Crippen molar-refractivity contribution in [1.82, 2.24) is 9.80 Å². The van der Waals surface area contributed by atoms with E-state index in [0.29, 0.717) is 25.9 Å². The summed E-state index contributed by atoms with van der Waals surface area (Å²) < 4.78 is 14.1. The van der Waals surface area contributed by atoms with E-state index in [4.69, 9.17) is 9.08 Å². The Kier molecular flexibility index (Phi) is 13.0. The van der Waals surface area contributed by atoms with Crippen molar-refractivity contribution >= 4 is 43.7 Å². The Morgan fingerprint density at radius 3 is 2.07 bits per heavy atom. The summed E-state index contributed by atoms with van der Waals surface area (Å²) in [6, 6.07) is 38.8. The van der Waals surface area contributed by atoms with E-state index in [1.54, 1.807) is 11.0 Å². The molecule has 2 N–H and O–H groups in total. The molecule has 0 bridgehead atoms. The molecule has 0 aromatic heterocycles. The van der Waals surface area contributed by atoms with E-state index in [2.05, 4.69) is 105 Å². The van der Waals surface area contributed by atoms with Gasteiger partial charge in [-0.1, -0.05) is 149 Å². The zero-order valence-corrected chi connectivity index (χ0v) is 37.2. The van der Waals surface area contributed by atoms with Gasteiger partial charge in [-0.25, -0.2) is 0 Å². The standard InChI is InChI=1S/C51H61BN2O6Si/c1-5-36(31-38-19-15-16-24-45(38)55)25-26-46-47-39(35-59-61(51(2,3)4,41-20-11-7-12-21-41)42-22-13-8-14-23-42)32-43-48(44(47)33-52(58)60-46)50(57)54(49(43)56)40-27-29-53(30-28-40)34-37-17-9-6-10-18-37/h6-24,31,40,43-44,46,48,55,58H,5,25-30,32-35H2,1-4H3/b36-31+/t43-,44+,46-,48-/m1/s1. The highest BCUT2D eigenvalue weighted by molar-refractivity contribution is 6.99. The number of allylic oxidation sites excluding steroid dienone is 1. The van der Waals surface area contributed by atoms with Crippen LogP contribution in [0.2, 0.25) is 11.4 Å². The number of nitrogens with zero attached hydrogens (tertiary/aromatic N) is 2. The number of carbonyl (C=O) groups is 2. The van der Waals surface area contributed by atoms with E-state index in [-0.39, 0.29) is 40.9 Å². The fourth-order valence-corrected chi connectivity index (χ4v) is 15.5. The highest BCUT2D eigenvalue weighted by Gasteiger charge is 2.59. The number of para-hydroxylation sites is 1. The minimum absolute atomic E-state index is 0.0742. The molecule has 4 aliphatic rings. The lowest BCUT2D eigenvalue weighted by atomic mass is 9.58. The predicted octanol–water partition coefficient (Wildman–Crippen LogP) is 8.00. The third kappa shape index (κ3) is 8.75. The van der Waals surface area contributed by atoms with Crippen LogP contribution in [0.1, 0.15) is 77.3 Å². The molecule has 1 aliphatic carbocycles. The maximum atomic E-state index is 14.9. The van der Waals surface area contributed by atoms with Crippen molar-refractivity contribution in [3.63, 3.8) is 0 Å². The van der Waals surface area contributed by atoms with Gasteiger partial charge in [0.05, 0.1) is 24.5 Å². The van der Waals surface area contributed by atoms with Gasteiger partial charge in [-0.2, -0.15) is 0 Å². The zero-order chi connectivity index (χ0) is 42.7. The van der Waals surface area contributed by atoms with Crippen LogP contribution in [0.3, 0.4) is 0 Å². The number of hydrogen-bond acceptors (Lipinski definition) is 7. The predicted molar refractivity (Wildman–Crippen MR) is 246 cm³/mol. The quantitative estimate of drug-likeness (QED) is 0.0801. The first kappa shape index (κ1) is 43.1. The molecular formula is C51H61BN2O6Si. The van der Waals surface area contributed by atoms with Crippen LogP contribution in [-0.2, 0) is 25.2 Å². The molecule has 10 heteroatoms. The molecule has 8 rings (SSSR count). The Morgan fingerprint density at radius 1 is 0.852 bits per heavy atom. The Morgan fingerprint density at radius 2 is 1.46 bits per heavy atom. The van der Waals surface area contributed by atoms with E-state index in [9.17, 15) is 19.7 Å². The van der Waals surface area contributed by atoms with Crippen LogP contribution in [0.4, 0.5) is 0 Å². The molecule has 0 unspecified atom stereocenters. The van der Waals surface area contributed by atoms with Crippen LogP contribution in [0.5, 0.6) is 5.75 Å². The fourth-order valence-electron chi connectivity index (χ4n) is 10.9. The van der Waals surface area contributed by atoms with Crippen molar-refractivity contribution in [2.75, 3.05) is 19.7 Å². The van der Waals surface area contributed by atoms with Crippen LogP contribution in [-0.4, -0.2) is 79.0 Å². The summed E-state index contributed by atoms with van der Waals surface area (Å²) >= 11 is 0. The second kappa shape index (κ2) is 18.4. The van der Waals surface area contributed by atoms with Gasteiger partial charge < -0.3 is 19.2 Å². The molecule has 3 aliphatic heterocycles. The molecule has 4 aromatic rings. The number of carbonyl (C=O) groups excluding carboxylic acids is 2. The number of imide groups is 1. The first-order valence-corrected chi connectivity index (χ1v) is 24.3. The minimum atomic E-state index is -2.98. The number of phenols is 1. The average molecular weight is 837 g/mol. The third-order valence-electron chi connectivity index (χ3n) is 13.9. The van der Waals surface area contributed by atoms with Crippen molar-refractivity contribution in [3.05, 3.63) is 143 Å². The number of piperidine rings is 1. The van der Waals surface area contributed by atoms with E-state index >= 15 is 0 Å². The monoisotopic (exact) mass is 836 g/mol. The van der Waals surface area contributed by atoms with Crippen molar-refractivity contribution in [1.29, 1.82) is 0 Å². The molecule has 2 amide bonds. The number of amides is 2. The number of rotatable bonds is 13. The molecule has 0 saturated carbocycles. The minimum Gasteiger partial charge on any atom is -0.507 e. The molecule has 0 radical (unpaired) electrons. The van der Waals surface area contributed by atoms with Gasteiger partial charge in [-0.3, -0.25) is 19.4 Å². The molecule has 3 fully saturated rings. The lowest BCUT2D eigenvalue weighted by molar-refractivity contribution is -0.144. The second-order valence-electron chi connectivity index (χ2n) is 18.6. The number of benzene rings is 4. The number of aromatic hydroxyl groups is 1. The summed E-state index contributed by atoms with van der Waals surface area (Å²) in [6.45, 7) is 11.7. The summed E-state index contributed by atoms with van der Waals surface area (Å²) in [5, 5.41) is 24.1. The summed E-state index contributed by atoms with van der Waals surface area (Å²) in [5.74, 6) is -1.35. The molecule has 61 heavy (non-hydrogen) atoms. The summed E-state index contributed by atoms with van der Waals surface area (Å²) in [4.78, 5) is 33.7. The number of fused-ring (bicyclic) bond motifs is 3. The Labute approximate surface area is 363 Å². The maximum absolute atomic E-state index is 14.9. The third-order valence-corrected chi connectivity index (χ3v) is 18.9. The van der Waals surface area contributed by atoms with Crippen LogP contribution >= 0.6 is 0 Å². The second-order valence-corrected chi connectivity index (χ2v) is 22.9. The van der Waals surface area contributed by atoms with Gasteiger partial charge in [0.15, 0.2) is 0 Å². The first-order chi connectivity index (χ1) is 29.5.